The predicted octanol–water partition coefficient (Wildman–Crippen LogP) is 5.17. The average molecular weight is 513 g/mol. The molecule has 0 radical (unpaired) electrons. The van der Waals surface area contributed by atoms with Crippen molar-refractivity contribution in [1.29, 1.82) is 0 Å². The number of benzene rings is 3. The second-order valence-electron chi connectivity index (χ2n) is 8.36. The Balaban J connectivity index is 1.33. The van der Waals surface area contributed by atoms with Crippen molar-refractivity contribution < 1.29 is 23.5 Å². The molecule has 0 aliphatic carbocycles. The summed E-state index contributed by atoms with van der Waals surface area (Å²) in [6, 6.07) is 17.2. The van der Waals surface area contributed by atoms with Crippen LogP contribution < -0.4 is 19.7 Å². The van der Waals surface area contributed by atoms with Gasteiger partial charge >= 0.3 is 0 Å². The van der Waals surface area contributed by atoms with E-state index in [1.807, 2.05) is 42.5 Å². The second-order valence-corrected chi connectivity index (χ2v) is 9.95. The van der Waals surface area contributed by atoms with Crippen molar-refractivity contribution in [1.82, 2.24) is 5.32 Å². The fraction of sp³-hybridized carbons (Fsp3) is 0.231. The van der Waals surface area contributed by atoms with Gasteiger partial charge in [-0.25, -0.2) is 4.39 Å². The molecule has 9 heteroatoms. The highest BCUT2D eigenvalue weighted by atomic mass is 35.5. The lowest BCUT2D eigenvalue weighted by atomic mass is 10.0. The van der Waals surface area contributed by atoms with Crippen molar-refractivity contribution in [3.8, 4) is 11.5 Å². The first-order valence-corrected chi connectivity index (χ1v) is 12.3. The quantitative estimate of drug-likeness (QED) is 0.493. The number of ether oxygens (including phenoxy) is 2. The van der Waals surface area contributed by atoms with Crippen molar-refractivity contribution in [2.75, 3.05) is 11.7 Å². The summed E-state index contributed by atoms with van der Waals surface area (Å²) in [5.74, 6) is -0.133. The number of anilines is 1. The van der Waals surface area contributed by atoms with Crippen LogP contribution >= 0.6 is 23.4 Å². The molecule has 0 saturated carbocycles. The molecule has 2 heterocycles. The molecule has 0 aromatic heterocycles. The highest BCUT2D eigenvalue weighted by Gasteiger charge is 2.39. The van der Waals surface area contributed by atoms with Crippen LogP contribution in [-0.4, -0.2) is 23.9 Å². The lowest BCUT2D eigenvalue weighted by Crippen LogP contribution is -2.47. The average Bonchev–Trinajstić information content (AvgIpc) is 3.33. The van der Waals surface area contributed by atoms with E-state index in [1.165, 1.54) is 23.9 Å². The van der Waals surface area contributed by atoms with Crippen LogP contribution in [0.25, 0.3) is 0 Å². The van der Waals surface area contributed by atoms with Crippen LogP contribution in [0, 0.1) is 11.7 Å². The van der Waals surface area contributed by atoms with E-state index in [-0.39, 0.29) is 30.2 Å². The Morgan fingerprint density at radius 2 is 1.97 bits per heavy atom. The number of hydrogen-bond donors (Lipinski definition) is 1. The van der Waals surface area contributed by atoms with Gasteiger partial charge in [-0.3, -0.25) is 9.59 Å². The molecule has 1 N–H and O–H groups in total. The van der Waals surface area contributed by atoms with E-state index in [4.69, 9.17) is 21.1 Å². The maximum atomic E-state index is 13.6. The van der Waals surface area contributed by atoms with Crippen LogP contribution in [0.15, 0.2) is 65.6 Å². The molecule has 2 aliphatic rings. The first-order chi connectivity index (χ1) is 16.9. The van der Waals surface area contributed by atoms with Crippen LogP contribution in [-0.2, 0) is 22.7 Å². The fourth-order valence-corrected chi connectivity index (χ4v) is 5.59. The molecule has 0 bridgehead atoms. The number of amides is 2. The van der Waals surface area contributed by atoms with Gasteiger partial charge < -0.3 is 19.7 Å². The van der Waals surface area contributed by atoms with Crippen LogP contribution in [0.5, 0.6) is 11.5 Å². The zero-order valence-electron chi connectivity index (χ0n) is 18.8. The number of hydrogen-bond acceptors (Lipinski definition) is 5. The summed E-state index contributed by atoms with van der Waals surface area (Å²) in [7, 11) is 0. The Labute approximate surface area is 211 Å². The Hall–Kier alpha value is -3.23. The van der Waals surface area contributed by atoms with E-state index in [0.29, 0.717) is 23.6 Å². The van der Waals surface area contributed by atoms with Crippen molar-refractivity contribution in [3.05, 3.63) is 82.6 Å². The molecular formula is C26H22ClFN2O4S. The van der Waals surface area contributed by atoms with Gasteiger partial charge in [0.05, 0.1) is 18.2 Å². The molecule has 0 spiro atoms. The molecule has 2 amide bonds. The van der Waals surface area contributed by atoms with Crippen LogP contribution in [0.2, 0.25) is 5.02 Å². The highest BCUT2D eigenvalue weighted by Crippen LogP contribution is 2.42. The summed E-state index contributed by atoms with van der Waals surface area (Å²) in [6.07, 6.45) is 0. The molecule has 2 atom stereocenters. The minimum absolute atomic E-state index is 0.178. The minimum atomic E-state index is -0.624. The number of rotatable bonds is 6. The van der Waals surface area contributed by atoms with Gasteiger partial charge in [-0.15, -0.1) is 11.8 Å². The van der Waals surface area contributed by atoms with Crippen molar-refractivity contribution >= 4 is 40.9 Å². The number of halogens is 2. The van der Waals surface area contributed by atoms with Gasteiger partial charge in [0, 0.05) is 16.5 Å². The highest BCUT2D eigenvalue weighted by molar-refractivity contribution is 8.01. The van der Waals surface area contributed by atoms with E-state index < -0.39 is 17.0 Å². The summed E-state index contributed by atoms with van der Waals surface area (Å²) >= 11 is 7.62. The molecule has 0 saturated heterocycles. The zero-order chi connectivity index (χ0) is 24.5. The number of thioether (sulfide) groups is 1. The standard InChI is InChI=1S/C26H22ClFN2O4S/c1-15(25(31)29-12-16-6-9-21-22(10-16)34-14-33-21)24-26(32)30(20-4-2-3-5-23(20)35-24)13-17-7-8-18(28)11-19(17)27/h2-11,15,24H,12-14H2,1H3,(H,29,31)/t15-,24+/m1/s1. The van der Waals surface area contributed by atoms with Crippen molar-refractivity contribution in [2.45, 2.75) is 30.2 Å². The lowest BCUT2D eigenvalue weighted by molar-refractivity contribution is -0.128. The molecule has 3 aromatic rings. The number of nitrogens with one attached hydrogen (secondary N) is 1. The third-order valence-electron chi connectivity index (χ3n) is 6.03. The van der Waals surface area contributed by atoms with Crippen LogP contribution in [0.3, 0.4) is 0 Å². The third kappa shape index (κ3) is 4.81. The first kappa shape index (κ1) is 23.5. The van der Waals surface area contributed by atoms with E-state index in [2.05, 4.69) is 5.32 Å². The molecule has 35 heavy (non-hydrogen) atoms. The maximum Gasteiger partial charge on any atom is 0.241 e. The van der Waals surface area contributed by atoms with Gasteiger partial charge in [0.15, 0.2) is 11.5 Å². The largest absolute Gasteiger partial charge is 0.454 e. The SMILES string of the molecule is C[C@@H](C(=O)NCc1ccc2c(c1)OCO2)[C@@H]1Sc2ccccc2N(Cc2ccc(F)cc2Cl)C1=O. The fourth-order valence-electron chi connectivity index (χ4n) is 4.08. The van der Waals surface area contributed by atoms with E-state index in [0.717, 1.165) is 16.1 Å². The number of carbonyl (C=O) groups excluding carboxylic acids is 2. The van der Waals surface area contributed by atoms with Gasteiger partial charge in [-0.2, -0.15) is 0 Å². The van der Waals surface area contributed by atoms with E-state index in [1.54, 1.807) is 17.9 Å². The number of carbonyl (C=O) groups is 2. The monoisotopic (exact) mass is 512 g/mol. The second kappa shape index (κ2) is 9.79. The maximum absolute atomic E-state index is 13.6. The van der Waals surface area contributed by atoms with Gasteiger partial charge in [-0.05, 0) is 47.5 Å². The van der Waals surface area contributed by atoms with E-state index >= 15 is 0 Å². The number of fused-ring (bicyclic) bond motifs is 2. The lowest BCUT2D eigenvalue weighted by Gasteiger charge is -2.36. The molecule has 0 fully saturated rings. The molecule has 180 valence electrons. The molecule has 6 nitrogen and oxygen atoms in total. The normalized spacial score (nSPS) is 17.2. The number of nitrogens with zero attached hydrogens (tertiary/aromatic N) is 1. The Morgan fingerprint density at radius 3 is 2.80 bits per heavy atom. The van der Waals surface area contributed by atoms with Crippen LogP contribution in [0.1, 0.15) is 18.1 Å². The summed E-state index contributed by atoms with van der Waals surface area (Å²) in [5.41, 5.74) is 2.24. The summed E-state index contributed by atoms with van der Waals surface area (Å²) in [4.78, 5) is 29.2. The van der Waals surface area contributed by atoms with E-state index in [9.17, 15) is 14.0 Å². The smallest absolute Gasteiger partial charge is 0.241 e. The Kier molecular flexibility index (Phi) is 6.58. The van der Waals surface area contributed by atoms with Gasteiger partial charge in [-0.1, -0.05) is 42.8 Å². The van der Waals surface area contributed by atoms with Crippen molar-refractivity contribution in [2.24, 2.45) is 5.92 Å². The zero-order valence-corrected chi connectivity index (χ0v) is 20.4. The summed E-state index contributed by atoms with van der Waals surface area (Å²) in [6.45, 7) is 2.42. The molecule has 0 unspecified atom stereocenters. The third-order valence-corrected chi connectivity index (χ3v) is 7.85. The van der Waals surface area contributed by atoms with Crippen molar-refractivity contribution in [3.63, 3.8) is 0 Å². The first-order valence-electron chi connectivity index (χ1n) is 11.1. The molecule has 2 aliphatic heterocycles. The topological polar surface area (TPSA) is 67.9 Å². The van der Waals surface area contributed by atoms with Crippen LogP contribution in [0.4, 0.5) is 10.1 Å². The molecular weight excluding hydrogens is 491 g/mol. The predicted molar refractivity (Wildman–Crippen MR) is 132 cm³/mol. The molecule has 3 aromatic carbocycles. The molecule has 5 rings (SSSR count). The Morgan fingerprint density at radius 1 is 1.17 bits per heavy atom. The minimum Gasteiger partial charge on any atom is -0.454 e. The van der Waals surface area contributed by atoms with Gasteiger partial charge in [0.2, 0.25) is 18.6 Å². The van der Waals surface area contributed by atoms with Gasteiger partial charge in [0.25, 0.3) is 0 Å². The summed E-state index contributed by atoms with van der Waals surface area (Å²) < 4.78 is 24.2. The Bertz CT molecular complexity index is 1300. The van der Waals surface area contributed by atoms with Gasteiger partial charge in [0.1, 0.15) is 11.1 Å². The number of para-hydroxylation sites is 1. The summed E-state index contributed by atoms with van der Waals surface area (Å²) in [5, 5.41) is 2.55.